The van der Waals surface area contributed by atoms with Crippen LogP contribution in [0.4, 0.5) is 17.1 Å². The third-order valence-corrected chi connectivity index (χ3v) is 6.71. The Morgan fingerprint density at radius 2 is 1.77 bits per heavy atom. The first-order valence-electron chi connectivity index (χ1n) is 12.5. The van der Waals surface area contributed by atoms with Crippen LogP contribution in [-0.2, 0) is 9.59 Å². The largest absolute Gasteiger partial charge is 0.497 e. The average molecular weight is 528 g/mol. The van der Waals surface area contributed by atoms with E-state index in [0.717, 1.165) is 0 Å². The number of furan rings is 1. The van der Waals surface area contributed by atoms with E-state index in [1.54, 1.807) is 78.7 Å². The molecule has 1 atom stereocenters. The van der Waals surface area contributed by atoms with E-state index in [-0.39, 0.29) is 36.2 Å². The van der Waals surface area contributed by atoms with E-state index in [1.165, 1.54) is 0 Å². The Balaban J connectivity index is 1.24. The number of hydrogen-bond donors (Lipinski definition) is 2. The molecular formula is C29H25N3O7. The molecule has 2 aliphatic heterocycles. The SMILES string of the molecule is COc1cccc(N2C[C@@H](C(=O)Nc3c(C(=O)Nc4ccc5c(c4)OCCO5)oc4ccccc34)CC2=O)c1. The molecule has 1 fully saturated rings. The highest BCUT2D eigenvalue weighted by molar-refractivity contribution is 6.15. The summed E-state index contributed by atoms with van der Waals surface area (Å²) in [6.45, 7) is 1.08. The molecule has 0 saturated carbocycles. The summed E-state index contributed by atoms with van der Waals surface area (Å²) >= 11 is 0. The minimum atomic E-state index is -0.619. The maximum Gasteiger partial charge on any atom is 0.293 e. The number of hydrogen-bond acceptors (Lipinski definition) is 7. The average Bonchev–Trinajstić information content (AvgIpc) is 3.54. The standard InChI is InChI=1S/C29H25N3O7/c1-36-20-6-4-5-19(15-20)32-16-17(13-25(32)33)28(34)31-26-21-7-2-3-8-22(21)39-27(26)29(35)30-18-9-10-23-24(14-18)38-12-11-37-23/h2-10,14-15,17H,11-13,16H2,1H3,(H,30,35)(H,31,34)/t17-/m0/s1. The van der Waals surface area contributed by atoms with Gasteiger partial charge >= 0.3 is 0 Å². The lowest BCUT2D eigenvalue weighted by Gasteiger charge is -2.19. The molecule has 39 heavy (non-hydrogen) atoms. The van der Waals surface area contributed by atoms with E-state index >= 15 is 0 Å². The fraction of sp³-hybridized carbons (Fsp3) is 0.207. The molecule has 10 nitrogen and oxygen atoms in total. The molecule has 0 unspecified atom stereocenters. The Kier molecular flexibility index (Phi) is 6.28. The number of amides is 3. The fourth-order valence-corrected chi connectivity index (χ4v) is 4.77. The van der Waals surface area contributed by atoms with Gasteiger partial charge in [-0.2, -0.15) is 0 Å². The maximum absolute atomic E-state index is 13.4. The smallest absolute Gasteiger partial charge is 0.293 e. The first-order chi connectivity index (χ1) is 19.0. The number of para-hydroxylation sites is 1. The lowest BCUT2D eigenvalue weighted by molar-refractivity contribution is -0.122. The molecule has 6 rings (SSSR count). The number of nitrogens with one attached hydrogen (secondary N) is 2. The Labute approximate surface area is 223 Å². The van der Waals surface area contributed by atoms with Crippen molar-refractivity contribution >= 4 is 45.8 Å². The van der Waals surface area contributed by atoms with Crippen molar-refractivity contribution in [3.63, 3.8) is 0 Å². The zero-order chi connectivity index (χ0) is 26.9. The predicted molar refractivity (Wildman–Crippen MR) is 144 cm³/mol. The summed E-state index contributed by atoms with van der Waals surface area (Å²) in [6, 6.07) is 19.3. The van der Waals surface area contributed by atoms with Gasteiger partial charge in [-0.25, -0.2) is 0 Å². The summed E-state index contributed by atoms with van der Waals surface area (Å²) in [5, 5.41) is 6.25. The van der Waals surface area contributed by atoms with Gasteiger partial charge in [-0.05, 0) is 36.4 Å². The monoisotopic (exact) mass is 527 g/mol. The number of ether oxygens (including phenoxy) is 3. The summed E-state index contributed by atoms with van der Waals surface area (Å²) in [4.78, 5) is 41.1. The van der Waals surface area contributed by atoms with Gasteiger partial charge in [-0.15, -0.1) is 0 Å². The van der Waals surface area contributed by atoms with Gasteiger partial charge in [-0.1, -0.05) is 18.2 Å². The van der Waals surface area contributed by atoms with Crippen molar-refractivity contribution in [2.75, 3.05) is 42.4 Å². The van der Waals surface area contributed by atoms with Crippen LogP contribution in [0.5, 0.6) is 17.2 Å². The zero-order valence-electron chi connectivity index (χ0n) is 21.1. The summed E-state index contributed by atoms with van der Waals surface area (Å²) in [6.07, 6.45) is 0.0392. The third kappa shape index (κ3) is 4.72. The predicted octanol–water partition coefficient (Wildman–Crippen LogP) is 4.46. The van der Waals surface area contributed by atoms with Crippen LogP contribution in [0.25, 0.3) is 11.0 Å². The van der Waals surface area contributed by atoms with Gasteiger partial charge in [0, 0.05) is 41.9 Å². The van der Waals surface area contributed by atoms with E-state index in [0.29, 0.717) is 52.8 Å². The highest BCUT2D eigenvalue weighted by Gasteiger charge is 2.36. The van der Waals surface area contributed by atoms with E-state index in [4.69, 9.17) is 18.6 Å². The van der Waals surface area contributed by atoms with E-state index < -0.39 is 11.8 Å². The van der Waals surface area contributed by atoms with Crippen molar-refractivity contribution in [2.45, 2.75) is 6.42 Å². The molecule has 0 radical (unpaired) electrons. The molecule has 1 aromatic heterocycles. The van der Waals surface area contributed by atoms with Crippen LogP contribution in [0.15, 0.2) is 71.1 Å². The van der Waals surface area contributed by atoms with Gasteiger partial charge in [0.25, 0.3) is 5.91 Å². The van der Waals surface area contributed by atoms with E-state index in [2.05, 4.69) is 10.6 Å². The van der Waals surface area contributed by atoms with Gasteiger partial charge in [0.05, 0.1) is 13.0 Å². The van der Waals surface area contributed by atoms with Crippen molar-refractivity contribution in [3.8, 4) is 17.2 Å². The summed E-state index contributed by atoms with van der Waals surface area (Å²) in [7, 11) is 1.55. The molecule has 3 aromatic carbocycles. The molecule has 2 aliphatic rings. The number of nitrogens with zero attached hydrogens (tertiary/aromatic N) is 1. The molecule has 4 aromatic rings. The number of fused-ring (bicyclic) bond motifs is 2. The molecule has 2 N–H and O–H groups in total. The lowest BCUT2D eigenvalue weighted by atomic mass is 10.1. The summed E-state index contributed by atoms with van der Waals surface area (Å²) in [5.41, 5.74) is 1.83. The van der Waals surface area contributed by atoms with Crippen molar-refractivity contribution in [1.29, 1.82) is 0 Å². The molecule has 1 saturated heterocycles. The molecule has 0 aliphatic carbocycles. The van der Waals surface area contributed by atoms with Crippen LogP contribution in [0.1, 0.15) is 17.0 Å². The molecular weight excluding hydrogens is 502 g/mol. The van der Waals surface area contributed by atoms with Crippen molar-refractivity contribution < 1.29 is 33.0 Å². The quantitative estimate of drug-likeness (QED) is 0.380. The first-order valence-corrected chi connectivity index (χ1v) is 12.5. The highest BCUT2D eigenvalue weighted by atomic mass is 16.6. The van der Waals surface area contributed by atoms with Gasteiger partial charge < -0.3 is 34.2 Å². The highest BCUT2D eigenvalue weighted by Crippen LogP contribution is 2.35. The number of rotatable bonds is 6. The number of methoxy groups -OCH3 is 1. The van der Waals surface area contributed by atoms with Gasteiger partial charge in [-0.3, -0.25) is 14.4 Å². The minimum absolute atomic E-state index is 0.0392. The van der Waals surface area contributed by atoms with Crippen molar-refractivity contribution in [2.24, 2.45) is 5.92 Å². The Hall–Kier alpha value is -4.99. The molecule has 3 heterocycles. The topological polar surface area (TPSA) is 119 Å². The number of anilines is 3. The molecule has 0 spiro atoms. The zero-order valence-corrected chi connectivity index (χ0v) is 21.1. The Morgan fingerprint density at radius 1 is 0.949 bits per heavy atom. The Morgan fingerprint density at radius 3 is 2.62 bits per heavy atom. The van der Waals surface area contributed by atoms with Crippen LogP contribution >= 0.6 is 0 Å². The van der Waals surface area contributed by atoms with Gasteiger partial charge in [0.2, 0.25) is 17.6 Å². The second-order valence-corrected chi connectivity index (χ2v) is 9.21. The third-order valence-electron chi connectivity index (χ3n) is 6.71. The molecule has 0 bridgehead atoms. The van der Waals surface area contributed by atoms with Crippen LogP contribution in [0.2, 0.25) is 0 Å². The molecule has 10 heteroatoms. The normalized spacial score (nSPS) is 16.3. The number of benzene rings is 3. The van der Waals surface area contributed by atoms with Crippen LogP contribution in [-0.4, -0.2) is 44.6 Å². The summed E-state index contributed by atoms with van der Waals surface area (Å²) < 4.78 is 22.3. The molecule has 198 valence electrons. The van der Waals surface area contributed by atoms with E-state index in [9.17, 15) is 14.4 Å². The second-order valence-electron chi connectivity index (χ2n) is 9.21. The summed E-state index contributed by atoms with van der Waals surface area (Å²) in [5.74, 6) is -0.00988. The van der Waals surface area contributed by atoms with Crippen molar-refractivity contribution in [1.82, 2.24) is 0 Å². The molecule has 3 amide bonds. The minimum Gasteiger partial charge on any atom is -0.497 e. The van der Waals surface area contributed by atoms with Gasteiger partial charge in [0.1, 0.15) is 30.2 Å². The van der Waals surface area contributed by atoms with Crippen LogP contribution in [0, 0.1) is 5.92 Å². The van der Waals surface area contributed by atoms with Crippen LogP contribution in [0.3, 0.4) is 0 Å². The fourth-order valence-electron chi connectivity index (χ4n) is 4.77. The first kappa shape index (κ1) is 24.4. The van der Waals surface area contributed by atoms with Gasteiger partial charge in [0.15, 0.2) is 11.5 Å². The lowest BCUT2D eigenvalue weighted by Crippen LogP contribution is -2.28. The number of carbonyl (C=O) groups is 3. The van der Waals surface area contributed by atoms with Crippen LogP contribution < -0.4 is 29.7 Å². The van der Waals surface area contributed by atoms with E-state index in [1.807, 2.05) is 0 Å². The van der Waals surface area contributed by atoms with Crippen molar-refractivity contribution in [3.05, 3.63) is 72.5 Å². The Bertz CT molecular complexity index is 1600. The number of carbonyl (C=O) groups excluding carboxylic acids is 3. The second kappa shape index (κ2) is 10.1. The maximum atomic E-state index is 13.4.